The van der Waals surface area contributed by atoms with Crippen molar-refractivity contribution < 1.29 is 9.72 Å². The van der Waals surface area contributed by atoms with Gasteiger partial charge >= 0.3 is 0 Å². The smallest absolute Gasteiger partial charge is 0.270 e. The van der Waals surface area contributed by atoms with Gasteiger partial charge in [-0.1, -0.05) is 24.3 Å². The van der Waals surface area contributed by atoms with Crippen LogP contribution in [0.15, 0.2) is 54.6 Å². The zero-order valence-electron chi connectivity index (χ0n) is 14.3. The Morgan fingerprint density at radius 2 is 2.04 bits per heavy atom. The number of fused-ring (bicyclic) bond motifs is 1. The van der Waals surface area contributed by atoms with Gasteiger partial charge in [0.1, 0.15) is 5.01 Å². The summed E-state index contributed by atoms with van der Waals surface area (Å²) in [6, 6.07) is 13.8. The number of nitrogens with zero attached hydrogens (tertiary/aromatic N) is 3. The van der Waals surface area contributed by atoms with Gasteiger partial charge in [-0.2, -0.15) is 0 Å². The monoisotopic (exact) mass is 367 g/mol. The number of non-ortho nitro benzene ring substituents is 1. The third-order valence-corrected chi connectivity index (χ3v) is 5.30. The minimum Gasteiger partial charge on any atom is -0.333 e. The number of aromatic nitrogens is 1. The molecule has 3 aromatic rings. The van der Waals surface area contributed by atoms with E-state index in [0.29, 0.717) is 5.56 Å². The second-order valence-corrected chi connectivity index (χ2v) is 6.89. The first-order valence-electron chi connectivity index (χ1n) is 8.00. The molecule has 132 valence electrons. The van der Waals surface area contributed by atoms with Gasteiger partial charge in [0, 0.05) is 25.3 Å². The highest BCUT2D eigenvalue weighted by Gasteiger charge is 2.19. The molecule has 0 saturated carbocycles. The molecule has 0 N–H and O–H groups in total. The Hall–Kier alpha value is -3.06. The van der Waals surface area contributed by atoms with Crippen molar-refractivity contribution in [2.24, 2.45) is 0 Å². The number of nitro groups is 1. The molecular weight excluding hydrogens is 350 g/mol. The van der Waals surface area contributed by atoms with Crippen LogP contribution in [0.4, 0.5) is 5.69 Å². The number of carbonyl (C=O) groups is 1. The quantitative estimate of drug-likeness (QED) is 0.379. The predicted molar refractivity (Wildman–Crippen MR) is 103 cm³/mol. The number of hydrogen-bond acceptors (Lipinski definition) is 5. The minimum atomic E-state index is -0.458. The molecule has 0 radical (unpaired) electrons. The van der Waals surface area contributed by atoms with E-state index in [-0.39, 0.29) is 17.6 Å². The SMILES string of the molecule is CC(c1nc2ccccc2s1)N(C)C(=O)/C=C/c1cccc([N+](=O)[O-])c1. The van der Waals surface area contributed by atoms with Crippen LogP contribution in [0, 0.1) is 10.1 Å². The average Bonchev–Trinajstić information content (AvgIpc) is 3.09. The highest BCUT2D eigenvalue weighted by Crippen LogP contribution is 2.29. The number of carbonyl (C=O) groups excluding carboxylic acids is 1. The predicted octanol–water partition coefficient (Wildman–Crippen LogP) is 4.44. The van der Waals surface area contributed by atoms with Crippen LogP contribution >= 0.6 is 11.3 Å². The number of benzene rings is 2. The summed E-state index contributed by atoms with van der Waals surface area (Å²) in [6.45, 7) is 1.93. The average molecular weight is 367 g/mol. The van der Waals surface area contributed by atoms with Gasteiger partial charge in [-0.05, 0) is 30.7 Å². The highest BCUT2D eigenvalue weighted by atomic mass is 32.1. The molecule has 2 aromatic carbocycles. The summed E-state index contributed by atoms with van der Waals surface area (Å²) in [6.07, 6.45) is 3.00. The number of para-hydroxylation sites is 1. The Kier molecular flexibility index (Phi) is 5.09. The maximum absolute atomic E-state index is 12.4. The van der Waals surface area contributed by atoms with Crippen molar-refractivity contribution in [2.45, 2.75) is 13.0 Å². The summed E-state index contributed by atoms with van der Waals surface area (Å²) in [5.41, 5.74) is 1.52. The number of amides is 1. The molecule has 0 aliphatic rings. The molecule has 0 aliphatic carbocycles. The van der Waals surface area contributed by atoms with Crippen molar-refractivity contribution in [1.29, 1.82) is 0 Å². The van der Waals surface area contributed by atoms with Crippen LogP contribution in [0.1, 0.15) is 23.5 Å². The lowest BCUT2D eigenvalue weighted by molar-refractivity contribution is -0.384. The Morgan fingerprint density at radius 3 is 2.77 bits per heavy atom. The van der Waals surface area contributed by atoms with E-state index in [1.807, 2.05) is 31.2 Å². The maximum Gasteiger partial charge on any atom is 0.270 e. The molecule has 0 spiro atoms. The van der Waals surface area contributed by atoms with Crippen LogP contribution < -0.4 is 0 Å². The van der Waals surface area contributed by atoms with E-state index in [0.717, 1.165) is 15.2 Å². The summed E-state index contributed by atoms with van der Waals surface area (Å²) in [4.78, 5) is 29.0. The van der Waals surface area contributed by atoms with E-state index < -0.39 is 4.92 Å². The van der Waals surface area contributed by atoms with Crippen LogP contribution in [-0.2, 0) is 4.79 Å². The molecule has 0 fully saturated rings. The second-order valence-electron chi connectivity index (χ2n) is 5.83. The molecule has 1 atom stereocenters. The van der Waals surface area contributed by atoms with E-state index in [9.17, 15) is 14.9 Å². The molecule has 6 nitrogen and oxygen atoms in total. The Morgan fingerprint density at radius 1 is 1.27 bits per heavy atom. The van der Waals surface area contributed by atoms with Crippen molar-refractivity contribution >= 4 is 39.2 Å². The topological polar surface area (TPSA) is 76.3 Å². The van der Waals surface area contributed by atoms with Gasteiger partial charge < -0.3 is 4.90 Å². The fourth-order valence-corrected chi connectivity index (χ4v) is 3.52. The normalized spacial score (nSPS) is 12.4. The first kappa shape index (κ1) is 17.8. The van der Waals surface area contributed by atoms with Gasteiger partial charge in [0.05, 0.1) is 21.2 Å². The number of hydrogen-bond donors (Lipinski definition) is 0. The third-order valence-electron chi connectivity index (χ3n) is 4.10. The van der Waals surface area contributed by atoms with Crippen molar-refractivity contribution in [3.05, 3.63) is 75.3 Å². The van der Waals surface area contributed by atoms with E-state index >= 15 is 0 Å². The van der Waals surface area contributed by atoms with Crippen LogP contribution in [0.2, 0.25) is 0 Å². The van der Waals surface area contributed by atoms with Gasteiger partial charge in [-0.25, -0.2) is 4.98 Å². The third kappa shape index (κ3) is 3.78. The summed E-state index contributed by atoms with van der Waals surface area (Å²) in [7, 11) is 1.72. The number of rotatable bonds is 5. The van der Waals surface area contributed by atoms with Crippen molar-refractivity contribution in [2.75, 3.05) is 7.05 Å². The molecule has 0 saturated heterocycles. The molecule has 7 heteroatoms. The zero-order chi connectivity index (χ0) is 18.7. The Balaban J connectivity index is 1.74. The summed E-state index contributed by atoms with van der Waals surface area (Å²) >= 11 is 1.57. The Labute approximate surface area is 154 Å². The molecule has 0 aliphatic heterocycles. The largest absolute Gasteiger partial charge is 0.333 e. The molecule has 1 aromatic heterocycles. The van der Waals surface area contributed by atoms with E-state index in [2.05, 4.69) is 4.98 Å². The number of likely N-dealkylation sites (N-methyl/N-ethyl adjacent to an activating group) is 1. The molecule has 1 unspecified atom stereocenters. The standard InChI is InChI=1S/C19H17N3O3S/c1-13(19-20-16-8-3-4-9-17(16)26-19)21(2)18(23)11-10-14-6-5-7-15(12-14)22(24)25/h3-13H,1-2H3/b11-10+. The van der Waals surface area contributed by atoms with Crippen LogP contribution in [0.5, 0.6) is 0 Å². The van der Waals surface area contributed by atoms with Crippen molar-refractivity contribution in [1.82, 2.24) is 9.88 Å². The molecule has 3 rings (SSSR count). The van der Waals surface area contributed by atoms with E-state index in [4.69, 9.17) is 0 Å². The maximum atomic E-state index is 12.4. The molecule has 1 amide bonds. The first-order chi connectivity index (χ1) is 12.5. The van der Waals surface area contributed by atoms with E-state index in [1.165, 1.54) is 18.2 Å². The van der Waals surface area contributed by atoms with Crippen LogP contribution in [0.3, 0.4) is 0 Å². The van der Waals surface area contributed by atoms with Crippen LogP contribution in [-0.4, -0.2) is 27.8 Å². The summed E-state index contributed by atoms with van der Waals surface area (Å²) < 4.78 is 1.09. The lowest BCUT2D eigenvalue weighted by Crippen LogP contribution is -2.27. The van der Waals surface area contributed by atoms with Gasteiger partial charge in [-0.15, -0.1) is 11.3 Å². The van der Waals surface area contributed by atoms with Gasteiger partial charge in [0.25, 0.3) is 5.69 Å². The van der Waals surface area contributed by atoms with Crippen molar-refractivity contribution in [3.63, 3.8) is 0 Å². The molecule has 0 bridgehead atoms. The van der Waals surface area contributed by atoms with Crippen LogP contribution in [0.25, 0.3) is 16.3 Å². The first-order valence-corrected chi connectivity index (χ1v) is 8.82. The highest BCUT2D eigenvalue weighted by molar-refractivity contribution is 7.18. The van der Waals surface area contributed by atoms with Crippen molar-refractivity contribution in [3.8, 4) is 0 Å². The van der Waals surface area contributed by atoms with Gasteiger partial charge in [-0.3, -0.25) is 14.9 Å². The number of nitro benzene ring substituents is 1. The summed E-state index contributed by atoms with van der Waals surface area (Å²) in [5.74, 6) is -0.191. The molecule has 1 heterocycles. The lowest BCUT2D eigenvalue weighted by Gasteiger charge is -2.21. The van der Waals surface area contributed by atoms with Gasteiger partial charge in [0.2, 0.25) is 5.91 Å². The fourth-order valence-electron chi connectivity index (χ4n) is 2.45. The lowest BCUT2D eigenvalue weighted by atomic mass is 10.2. The van der Waals surface area contributed by atoms with E-state index in [1.54, 1.807) is 41.5 Å². The number of thiazole rings is 1. The summed E-state index contributed by atoms with van der Waals surface area (Å²) in [5, 5.41) is 11.7. The second kappa shape index (κ2) is 7.45. The van der Waals surface area contributed by atoms with Gasteiger partial charge in [0.15, 0.2) is 0 Å². The zero-order valence-corrected chi connectivity index (χ0v) is 15.1. The Bertz CT molecular complexity index is 963. The molecule has 26 heavy (non-hydrogen) atoms. The molecular formula is C19H17N3O3S. The minimum absolute atomic E-state index is 0.00389. The fraction of sp³-hybridized carbons (Fsp3) is 0.158.